The minimum Gasteiger partial charge on any atom is -0.192 e. The van der Waals surface area contributed by atoms with E-state index in [1.807, 2.05) is 60.7 Å². The second-order valence-corrected chi connectivity index (χ2v) is 25.4. The number of unbranched alkanes of at least 4 members (excludes halogenated alkanes) is 8. The van der Waals surface area contributed by atoms with Gasteiger partial charge in [-0.25, -0.2) is 0 Å². The van der Waals surface area contributed by atoms with Gasteiger partial charge in [0.25, 0.3) is 0 Å². The third-order valence-electron chi connectivity index (χ3n) is 19.5. The van der Waals surface area contributed by atoms with Gasteiger partial charge in [0.05, 0.1) is 46.5 Å². The van der Waals surface area contributed by atoms with Crippen LogP contribution in [0.15, 0.2) is 121 Å². The van der Waals surface area contributed by atoms with Crippen molar-refractivity contribution in [3.8, 4) is 35.4 Å². The van der Waals surface area contributed by atoms with E-state index in [0.717, 1.165) is 69.6 Å². The Labute approximate surface area is 522 Å². The lowest BCUT2D eigenvalue weighted by Crippen LogP contribution is -2.13. The molecule has 0 heterocycles. The SMILES string of the molecule is C.C.C.CCCC1CCC(c2ccc(C#N)cc2)CC1.CCCCCC1CCC(c2ccc(-c3ccc(C#N)cc3)cc2)CC1.CCCCCC1CCC(c2ccc(C#N)cc2)CC1.CCCCCCCC1CCC(c2ccc(C#N)cc2)CC1. The second kappa shape index (κ2) is 42.8. The molecule has 0 aliphatic heterocycles. The van der Waals surface area contributed by atoms with E-state index < -0.39 is 0 Å². The summed E-state index contributed by atoms with van der Waals surface area (Å²) in [5, 5.41) is 35.4. The molecule has 4 aliphatic carbocycles. The van der Waals surface area contributed by atoms with Crippen molar-refractivity contribution in [2.24, 2.45) is 23.7 Å². The van der Waals surface area contributed by atoms with Crippen LogP contribution in [0.3, 0.4) is 0 Å². The van der Waals surface area contributed by atoms with Gasteiger partial charge >= 0.3 is 0 Å². The van der Waals surface area contributed by atoms with Crippen LogP contribution in [-0.2, 0) is 0 Å². The second-order valence-electron chi connectivity index (χ2n) is 25.4. The van der Waals surface area contributed by atoms with Crippen molar-refractivity contribution in [3.63, 3.8) is 0 Å². The highest BCUT2D eigenvalue weighted by molar-refractivity contribution is 5.64. The normalized spacial score (nSPS) is 21.3. The van der Waals surface area contributed by atoms with Crippen molar-refractivity contribution in [2.75, 3.05) is 0 Å². The summed E-state index contributed by atoms with van der Waals surface area (Å²) >= 11 is 0. The first-order valence-electron chi connectivity index (χ1n) is 33.4. The van der Waals surface area contributed by atoms with E-state index in [4.69, 9.17) is 21.0 Å². The van der Waals surface area contributed by atoms with Crippen LogP contribution in [0.4, 0.5) is 0 Å². The van der Waals surface area contributed by atoms with Gasteiger partial charge in [-0.3, -0.25) is 0 Å². The first-order valence-corrected chi connectivity index (χ1v) is 33.4. The van der Waals surface area contributed by atoms with Gasteiger partial charge in [-0.1, -0.05) is 226 Å². The van der Waals surface area contributed by atoms with Crippen LogP contribution in [0.25, 0.3) is 11.1 Å². The van der Waals surface area contributed by atoms with Crippen molar-refractivity contribution in [2.45, 2.75) is 279 Å². The van der Waals surface area contributed by atoms with Gasteiger partial charge in [0.2, 0.25) is 0 Å². The molecule has 5 aromatic carbocycles. The zero-order chi connectivity index (χ0) is 58.0. The third kappa shape index (κ3) is 25.9. The first-order chi connectivity index (χ1) is 40.3. The molecule has 0 saturated heterocycles. The number of hydrogen-bond donors (Lipinski definition) is 0. The predicted molar refractivity (Wildman–Crippen MR) is 366 cm³/mol. The number of benzene rings is 5. The zero-order valence-electron chi connectivity index (χ0n) is 51.6. The van der Waals surface area contributed by atoms with Gasteiger partial charge in [0, 0.05) is 0 Å². The Bertz CT molecular complexity index is 2640. The fourth-order valence-corrected chi connectivity index (χ4v) is 14.1. The molecule has 4 aliphatic rings. The van der Waals surface area contributed by atoms with Crippen LogP contribution in [0.5, 0.6) is 0 Å². The molecular formula is C81H116N4. The minimum absolute atomic E-state index is 0. The Balaban J connectivity index is 0.000000296. The molecule has 5 aromatic rings. The molecule has 0 N–H and O–H groups in total. The summed E-state index contributed by atoms with van der Waals surface area (Å²) in [5.41, 5.74) is 11.3. The van der Waals surface area contributed by atoms with Gasteiger partial charge in [-0.2, -0.15) is 21.0 Å². The summed E-state index contributed by atoms with van der Waals surface area (Å²) in [6.45, 7) is 9.14. The molecule has 0 unspecified atom stereocenters. The minimum atomic E-state index is 0. The van der Waals surface area contributed by atoms with E-state index in [2.05, 4.69) is 113 Å². The summed E-state index contributed by atoms with van der Waals surface area (Å²) in [7, 11) is 0. The van der Waals surface area contributed by atoms with Crippen LogP contribution in [0.1, 0.15) is 324 Å². The summed E-state index contributed by atoms with van der Waals surface area (Å²) in [4.78, 5) is 0. The molecule has 4 nitrogen and oxygen atoms in total. The van der Waals surface area contributed by atoms with Crippen molar-refractivity contribution in [1.82, 2.24) is 0 Å². The molecule has 4 heteroatoms. The maximum absolute atomic E-state index is 8.91. The third-order valence-corrected chi connectivity index (χ3v) is 19.5. The van der Waals surface area contributed by atoms with Crippen molar-refractivity contribution in [3.05, 3.63) is 166 Å². The molecule has 0 spiro atoms. The zero-order valence-corrected chi connectivity index (χ0v) is 51.6. The molecule has 460 valence electrons. The fraction of sp³-hybridized carbons (Fsp3) is 0.580. The van der Waals surface area contributed by atoms with Gasteiger partial charge in [0.1, 0.15) is 0 Å². The van der Waals surface area contributed by atoms with E-state index in [-0.39, 0.29) is 22.3 Å². The molecule has 85 heavy (non-hydrogen) atoms. The molecule has 0 amide bonds. The average molecular weight is 1150 g/mol. The van der Waals surface area contributed by atoms with Gasteiger partial charge in [-0.15, -0.1) is 0 Å². The molecule has 0 aromatic heterocycles. The van der Waals surface area contributed by atoms with Crippen LogP contribution in [0, 0.1) is 69.0 Å². The lowest BCUT2D eigenvalue weighted by molar-refractivity contribution is 0.302. The topological polar surface area (TPSA) is 95.2 Å². The van der Waals surface area contributed by atoms with E-state index in [0.29, 0.717) is 0 Å². The lowest BCUT2D eigenvalue weighted by atomic mass is 9.77. The Morgan fingerprint density at radius 3 is 0.729 bits per heavy atom. The molecule has 0 atom stereocenters. The fourth-order valence-electron chi connectivity index (χ4n) is 14.1. The van der Waals surface area contributed by atoms with E-state index >= 15 is 0 Å². The predicted octanol–water partition coefficient (Wildman–Crippen LogP) is 25.2. The molecular weight excluding hydrogens is 1030 g/mol. The molecule has 4 saturated carbocycles. The summed E-state index contributed by atoms with van der Waals surface area (Å²) in [6.07, 6.45) is 44.3. The first kappa shape index (κ1) is 73.3. The van der Waals surface area contributed by atoms with Gasteiger partial charge in [-0.05, 0) is 232 Å². The number of rotatable bonds is 21. The van der Waals surface area contributed by atoms with Crippen molar-refractivity contribution < 1.29 is 0 Å². The monoisotopic (exact) mass is 1140 g/mol. The van der Waals surface area contributed by atoms with Crippen LogP contribution in [0.2, 0.25) is 0 Å². The van der Waals surface area contributed by atoms with E-state index in [9.17, 15) is 0 Å². The van der Waals surface area contributed by atoms with E-state index in [1.165, 1.54) is 239 Å². The Morgan fingerprint density at radius 1 is 0.259 bits per heavy atom. The Kier molecular flexibility index (Phi) is 36.9. The van der Waals surface area contributed by atoms with Crippen molar-refractivity contribution in [1.29, 1.82) is 21.0 Å². The molecule has 9 rings (SSSR count). The maximum atomic E-state index is 8.91. The number of nitriles is 4. The van der Waals surface area contributed by atoms with E-state index in [1.54, 1.807) is 0 Å². The number of hydrogen-bond acceptors (Lipinski definition) is 4. The maximum Gasteiger partial charge on any atom is 0.0991 e. The smallest absolute Gasteiger partial charge is 0.0991 e. The Morgan fingerprint density at radius 2 is 0.471 bits per heavy atom. The molecule has 0 radical (unpaired) electrons. The highest BCUT2D eigenvalue weighted by atomic mass is 14.3. The summed E-state index contributed by atoms with van der Waals surface area (Å²) in [6, 6.07) is 50.4. The summed E-state index contributed by atoms with van der Waals surface area (Å²) < 4.78 is 0. The summed E-state index contributed by atoms with van der Waals surface area (Å²) in [5.74, 6) is 6.83. The molecule has 4 fully saturated rings. The standard InChI is InChI=1S/C24H29N.C20H29N.C18H25N.C16H21N.3CH4/c1-2-3-4-5-19-6-10-21(11-7-19)23-14-16-24(17-15-23)22-12-8-20(18-25)9-13-22;1-2-3-4-5-6-7-17-8-12-19(13-9-17)20-14-10-18(16-21)11-15-20;1-2-3-4-5-15-6-10-17(11-7-15)18-12-8-16(14-19)9-13-18;1-2-3-13-4-8-15(9-5-13)16-10-6-14(12-17)7-11-16;;;/h8-9,12-17,19,21H,2-7,10-11H2,1H3;10-11,14-15,17,19H,2-9,12-13H2,1H3;8-9,12-13,15,17H,2-7,10-11H2,1H3;6-7,10-11,13,15H,2-5,8-9H2,1H3;3*1H4. The van der Waals surface area contributed by atoms with Crippen LogP contribution >= 0.6 is 0 Å². The van der Waals surface area contributed by atoms with Crippen LogP contribution < -0.4 is 0 Å². The average Bonchev–Trinajstić information content (AvgIpc) is 3.66. The highest BCUT2D eigenvalue weighted by Crippen LogP contribution is 2.41. The lowest BCUT2D eigenvalue weighted by Gasteiger charge is -2.29. The van der Waals surface area contributed by atoms with Gasteiger partial charge in [0.15, 0.2) is 0 Å². The Hall–Kier alpha value is -5.94. The highest BCUT2D eigenvalue weighted by Gasteiger charge is 2.25. The number of nitrogens with zero attached hydrogens (tertiary/aromatic N) is 4. The van der Waals surface area contributed by atoms with Crippen molar-refractivity contribution >= 4 is 0 Å². The van der Waals surface area contributed by atoms with Gasteiger partial charge < -0.3 is 0 Å². The molecule has 0 bridgehead atoms. The largest absolute Gasteiger partial charge is 0.192 e. The quantitative estimate of drug-likeness (QED) is 0.0684. The van der Waals surface area contributed by atoms with Crippen LogP contribution in [-0.4, -0.2) is 0 Å².